The van der Waals surface area contributed by atoms with Crippen LogP contribution in [0.5, 0.6) is 5.75 Å². The van der Waals surface area contributed by atoms with Crippen molar-refractivity contribution in [3.05, 3.63) is 40.8 Å². The van der Waals surface area contributed by atoms with Gasteiger partial charge in [-0.25, -0.2) is 9.59 Å². The molecular formula is C30H44O12. The Balaban J connectivity index is 1.68. The van der Waals surface area contributed by atoms with E-state index < -0.39 is 55.2 Å². The van der Waals surface area contributed by atoms with Gasteiger partial charge in [0.05, 0.1) is 25.4 Å². The maximum absolute atomic E-state index is 12.9. The lowest BCUT2D eigenvalue weighted by molar-refractivity contribution is -0.342. The van der Waals surface area contributed by atoms with Crippen LogP contribution >= 0.6 is 0 Å². The molecule has 1 fully saturated rings. The van der Waals surface area contributed by atoms with Gasteiger partial charge in [-0.2, -0.15) is 0 Å². The van der Waals surface area contributed by atoms with E-state index >= 15 is 0 Å². The van der Waals surface area contributed by atoms with Crippen molar-refractivity contribution in [3.63, 3.8) is 0 Å². The van der Waals surface area contributed by atoms with Gasteiger partial charge in [0, 0.05) is 37.7 Å². The monoisotopic (exact) mass is 596 g/mol. The van der Waals surface area contributed by atoms with Gasteiger partial charge in [0.2, 0.25) is 0 Å². The molecule has 2 aromatic rings. The third-order valence-corrected chi connectivity index (χ3v) is 7.18. The van der Waals surface area contributed by atoms with Crippen molar-refractivity contribution in [2.75, 3.05) is 34.0 Å². The molecule has 0 radical (unpaired) electrons. The lowest BCUT2D eigenvalue weighted by Gasteiger charge is -2.47. The molecule has 2 N–H and O–H groups in total. The van der Waals surface area contributed by atoms with Crippen LogP contribution in [0.15, 0.2) is 39.5 Å². The van der Waals surface area contributed by atoms with Crippen LogP contribution < -0.4 is 10.4 Å². The Bertz CT molecular complexity index is 1190. The second-order valence-electron chi connectivity index (χ2n) is 11.7. The molecule has 7 atom stereocenters. The van der Waals surface area contributed by atoms with E-state index in [9.17, 15) is 19.8 Å². The lowest BCUT2D eigenvalue weighted by atomic mass is 9.65. The van der Waals surface area contributed by atoms with Crippen molar-refractivity contribution in [1.82, 2.24) is 0 Å². The van der Waals surface area contributed by atoms with Gasteiger partial charge in [0.1, 0.15) is 23.5 Å². The molecule has 7 unspecified atom stereocenters. The van der Waals surface area contributed by atoms with Crippen LogP contribution in [0.3, 0.4) is 0 Å². The highest BCUT2D eigenvalue weighted by Crippen LogP contribution is 2.42. The van der Waals surface area contributed by atoms with E-state index in [1.807, 2.05) is 34.6 Å². The predicted octanol–water partition coefficient (Wildman–Crippen LogP) is 2.85. The highest BCUT2D eigenvalue weighted by molar-refractivity contribution is 5.78. The number of carbonyl (C=O) groups is 1. The molecular weight excluding hydrogens is 552 g/mol. The van der Waals surface area contributed by atoms with E-state index in [4.69, 9.17) is 37.6 Å². The van der Waals surface area contributed by atoms with Gasteiger partial charge in [-0.05, 0) is 49.8 Å². The number of hydrogen-bond acceptors (Lipinski definition) is 12. The summed E-state index contributed by atoms with van der Waals surface area (Å²) in [6.45, 7) is 8.21. The van der Waals surface area contributed by atoms with Crippen LogP contribution in [0.25, 0.3) is 11.0 Å². The van der Waals surface area contributed by atoms with E-state index in [2.05, 4.69) is 0 Å². The molecule has 3 rings (SSSR count). The number of hydrogen-bond donors (Lipinski definition) is 2. The van der Waals surface area contributed by atoms with Crippen LogP contribution in [0.2, 0.25) is 0 Å². The minimum atomic E-state index is -1.37. The minimum Gasteiger partial charge on any atom is -0.482 e. The zero-order valence-electron chi connectivity index (χ0n) is 25.3. The number of aliphatic hydroxyl groups excluding tert-OH is 2. The van der Waals surface area contributed by atoms with Crippen molar-refractivity contribution in [2.45, 2.75) is 78.2 Å². The Labute approximate surface area is 245 Å². The summed E-state index contributed by atoms with van der Waals surface area (Å²) in [7, 11) is 2.88. The molecule has 0 bridgehead atoms. The van der Waals surface area contributed by atoms with E-state index in [1.165, 1.54) is 26.4 Å². The summed E-state index contributed by atoms with van der Waals surface area (Å²) >= 11 is 0. The number of aliphatic hydroxyl groups is 2. The molecule has 1 saturated carbocycles. The minimum absolute atomic E-state index is 0.0150. The van der Waals surface area contributed by atoms with E-state index in [-0.39, 0.29) is 30.7 Å². The average Bonchev–Trinajstić information content (AvgIpc) is 2.93. The molecule has 1 heterocycles. The summed E-state index contributed by atoms with van der Waals surface area (Å²) in [4.78, 5) is 24.4. The van der Waals surface area contributed by atoms with Crippen LogP contribution in [0.4, 0.5) is 0 Å². The maximum atomic E-state index is 12.9. The molecule has 1 aliphatic rings. The third-order valence-electron chi connectivity index (χ3n) is 7.18. The van der Waals surface area contributed by atoms with Gasteiger partial charge >= 0.3 is 11.6 Å². The van der Waals surface area contributed by atoms with Crippen molar-refractivity contribution >= 4 is 16.9 Å². The normalized spacial score (nSPS) is 24.5. The molecule has 42 heavy (non-hydrogen) atoms. The number of carbonyl (C=O) groups excluding carboxylic acids is 1. The standard InChI is InChI=1S/C30H44O12/c1-17(2)37-16-25(35-6)42-29(36-7)39-14-19-12-21(30(3,4)5)26(33)27(34)28(19)41-24(32)15-38-20-10-8-18-9-11-23(31)40-22(18)13-20/h8-11,13,17,19,21,25-29,33-34H,12,14-16H2,1-7H3. The van der Waals surface area contributed by atoms with Crippen molar-refractivity contribution in [1.29, 1.82) is 0 Å². The first-order valence-electron chi connectivity index (χ1n) is 14.0. The number of benzene rings is 1. The summed E-state index contributed by atoms with van der Waals surface area (Å²) in [6, 6.07) is 7.75. The van der Waals surface area contributed by atoms with Crippen LogP contribution in [0, 0.1) is 17.3 Å². The van der Waals surface area contributed by atoms with E-state index in [0.29, 0.717) is 23.1 Å². The van der Waals surface area contributed by atoms with Crippen LogP contribution in [-0.2, 0) is 33.2 Å². The van der Waals surface area contributed by atoms with Crippen molar-refractivity contribution in [3.8, 4) is 5.75 Å². The van der Waals surface area contributed by atoms with Crippen molar-refractivity contribution in [2.24, 2.45) is 17.3 Å². The van der Waals surface area contributed by atoms with Crippen molar-refractivity contribution < 1.29 is 52.6 Å². The molecule has 12 heteroatoms. The lowest BCUT2D eigenvalue weighted by Crippen LogP contribution is -2.57. The molecule has 236 valence electrons. The van der Waals surface area contributed by atoms with E-state index in [1.54, 1.807) is 18.2 Å². The largest absolute Gasteiger partial charge is 0.482 e. The fraction of sp³-hybridized carbons (Fsp3) is 0.667. The van der Waals surface area contributed by atoms with Gasteiger partial charge in [-0.15, -0.1) is 0 Å². The Morgan fingerprint density at radius 1 is 1.05 bits per heavy atom. The Hall–Kier alpha value is -2.58. The fourth-order valence-corrected chi connectivity index (χ4v) is 4.89. The van der Waals surface area contributed by atoms with Crippen LogP contribution in [-0.4, -0.2) is 87.4 Å². The summed E-state index contributed by atoms with van der Waals surface area (Å²) in [5.74, 6) is -1.29. The summed E-state index contributed by atoms with van der Waals surface area (Å²) < 4.78 is 44.1. The third kappa shape index (κ3) is 9.46. The van der Waals surface area contributed by atoms with Gasteiger partial charge in [-0.3, -0.25) is 4.74 Å². The molecule has 0 spiro atoms. The number of rotatable bonds is 14. The number of methoxy groups -OCH3 is 2. The fourth-order valence-electron chi connectivity index (χ4n) is 4.89. The molecule has 1 aromatic heterocycles. The molecule has 1 aromatic carbocycles. The highest BCUT2D eigenvalue weighted by Gasteiger charge is 2.49. The smallest absolute Gasteiger partial charge is 0.344 e. The summed E-state index contributed by atoms with van der Waals surface area (Å²) in [5.41, 5.74) is -0.548. The SMILES string of the molecule is COC(COC(C)C)OC(OC)OCC1CC(C(C)(C)C)C(O)C(O)C1OC(=O)COc1ccc2ccc(=O)oc2c1. The van der Waals surface area contributed by atoms with Gasteiger partial charge < -0.3 is 43.1 Å². The maximum Gasteiger partial charge on any atom is 0.344 e. The summed E-state index contributed by atoms with van der Waals surface area (Å²) in [5, 5.41) is 22.7. The Morgan fingerprint density at radius 3 is 2.40 bits per heavy atom. The quantitative estimate of drug-likeness (QED) is 0.187. The summed E-state index contributed by atoms with van der Waals surface area (Å²) in [6.07, 6.45) is -3.99. The molecule has 12 nitrogen and oxygen atoms in total. The second kappa shape index (κ2) is 15.2. The number of fused-ring (bicyclic) bond motifs is 1. The van der Waals surface area contributed by atoms with Gasteiger partial charge in [-0.1, -0.05) is 20.8 Å². The highest BCUT2D eigenvalue weighted by atomic mass is 16.9. The first-order chi connectivity index (χ1) is 19.8. The van der Waals surface area contributed by atoms with Crippen LogP contribution in [0.1, 0.15) is 41.0 Å². The first-order valence-corrected chi connectivity index (χ1v) is 14.0. The average molecular weight is 597 g/mol. The molecule has 1 aliphatic carbocycles. The molecule has 0 saturated heterocycles. The molecule has 0 amide bonds. The van der Waals surface area contributed by atoms with E-state index in [0.717, 1.165) is 0 Å². The number of esters is 1. The molecule has 0 aliphatic heterocycles. The number of ether oxygens (including phenoxy) is 7. The first kappa shape index (κ1) is 33.9. The Morgan fingerprint density at radius 2 is 1.76 bits per heavy atom. The predicted molar refractivity (Wildman–Crippen MR) is 151 cm³/mol. The zero-order valence-corrected chi connectivity index (χ0v) is 25.3. The zero-order chi connectivity index (χ0) is 31.0. The van der Waals surface area contributed by atoms with Gasteiger partial charge in [0.15, 0.2) is 12.9 Å². The second-order valence-corrected chi connectivity index (χ2v) is 11.7. The van der Waals surface area contributed by atoms with Gasteiger partial charge in [0.25, 0.3) is 6.48 Å². The Kier molecular flexibility index (Phi) is 12.3. The topological polar surface area (TPSA) is 152 Å².